The van der Waals surface area contributed by atoms with Crippen LogP contribution in [-0.2, 0) is 15.0 Å². The highest BCUT2D eigenvalue weighted by Gasteiger charge is 2.36. The van der Waals surface area contributed by atoms with Gasteiger partial charge in [0.1, 0.15) is 5.75 Å². The second-order valence-corrected chi connectivity index (χ2v) is 7.67. The first-order valence-electron chi connectivity index (χ1n) is 9.74. The highest BCUT2D eigenvalue weighted by molar-refractivity contribution is 6.39. The van der Waals surface area contributed by atoms with E-state index in [0.29, 0.717) is 12.2 Å². The molecule has 0 saturated heterocycles. The molecule has 0 heterocycles. The molecule has 3 rings (SSSR count). The molecule has 5 nitrogen and oxygen atoms in total. The second kappa shape index (κ2) is 8.46. The van der Waals surface area contributed by atoms with Crippen molar-refractivity contribution in [1.29, 1.82) is 0 Å². The fraction of sp³-hybridized carbons (Fsp3) is 0.391. The number of carbonyl (C=O) groups excluding carboxylic acids is 2. The molecule has 0 atom stereocenters. The quantitative estimate of drug-likeness (QED) is 0.774. The lowest BCUT2D eigenvalue weighted by Gasteiger charge is -2.30. The molecule has 1 saturated carbocycles. The van der Waals surface area contributed by atoms with Gasteiger partial charge in [-0.2, -0.15) is 0 Å². The molecule has 1 aliphatic rings. The third-order valence-corrected chi connectivity index (χ3v) is 5.70. The van der Waals surface area contributed by atoms with Crippen molar-refractivity contribution >= 4 is 17.5 Å². The maximum absolute atomic E-state index is 12.4. The van der Waals surface area contributed by atoms with E-state index >= 15 is 0 Å². The molecule has 2 amide bonds. The van der Waals surface area contributed by atoms with Gasteiger partial charge in [-0.15, -0.1) is 0 Å². The fourth-order valence-electron chi connectivity index (χ4n) is 3.94. The minimum absolute atomic E-state index is 0.124. The Morgan fingerprint density at radius 1 is 1.00 bits per heavy atom. The summed E-state index contributed by atoms with van der Waals surface area (Å²) in [6.07, 6.45) is 4.24. The highest BCUT2D eigenvalue weighted by Crippen LogP contribution is 2.41. The van der Waals surface area contributed by atoms with Crippen LogP contribution in [0.2, 0.25) is 0 Å². The summed E-state index contributed by atoms with van der Waals surface area (Å²) in [6.45, 7) is 4.32. The molecular weight excluding hydrogens is 352 g/mol. The molecule has 28 heavy (non-hydrogen) atoms. The molecule has 0 radical (unpaired) electrons. The number of nitrogens with one attached hydrogen (secondary N) is 2. The van der Waals surface area contributed by atoms with Crippen LogP contribution in [0, 0.1) is 13.8 Å². The van der Waals surface area contributed by atoms with E-state index in [-0.39, 0.29) is 5.41 Å². The molecular formula is C23H28N2O3. The van der Waals surface area contributed by atoms with Gasteiger partial charge in [0.2, 0.25) is 0 Å². The largest absolute Gasteiger partial charge is 0.497 e. The zero-order chi connectivity index (χ0) is 20.1. The van der Waals surface area contributed by atoms with Gasteiger partial charge < -0.3 is 15.4 Å². The smallest absolute Gasteiger partial charge is 0.313 e. The van der Waals surface area contributed by atoms with Crippen LogP contribution in [0.25, 0.3) is 0 Å². The van der Waals surface area contributed by atoms with Gasteiger partial charge in [-0.3, -0.25) is 9.59 Å². The summed E-state index contributed by atoms with van der Waals surface area (Å²) in [5.41, 5.74) is 3.69. The summed E-state index contributed by atoms with van der Waals surface area (Å²) >= 11 is 0. The lowest BCUT2D eigenvalue weighted by atomic mass is 9.78. The third kappa shape index (κ3) is 4.35. The van der Waals surface area contributed by atoms with Crippen LogP contribution >= 0.6 is 0 Å². The van der Waals surface area contributed by atoms with Gasteiger partial charge in [-0.05, 0) is 61.6 Å². The van der Waals surface area contributed by atoms with Gasteiger partial charge in [0.05, 0.1) is 7.11 Å². The monoisotopic (exact) mass is 380 g/mol. The Kier molecular flexibility index (Phi) is 6.02. The predicted octanol–water partition coefficient (Wildman–Crippen LogP) is 3.88. The van der Waals surface area contributed by atoms with Gasteiger partial charge in [-0.25, -0.2) is 0 Å². The molecule has 1 aliphatic carbocycles. The molecule has 0 spiro atoms. The number of benzene rings is 2. The van der Waals surface area contributed by atoms with E-state index in [1.165, 1.54) is 5.56 Å². The summed E-state index contributed by atoms with van der Waals surface area (Å²) in [5.74, 6) is -0.411. The number of methoxy groups -OCH3 is 1. The minimum atomic E-state index is -0.628. The number of hydrogen-bond acceptors (Lipinski definition) is 3. The SMILES string of the molecule is COc1ccc(C2(CNC(=O)C(=O)Nc3cc(C)ccc3C)CCCC2)cc1. The lowest BCUT2D eigenvalue weighted by molar-refractivity contribution is -0.136. The number of rotatable bonds is 5. The van der Waals surface area contributed by atoms with Crippen molar-refractivity contribution in [2.75, 3.05) is 19.0 Å². The van der Waals surface area contributed by atoms with E-state index in [4.69, 9.17) is 4.74 Å². The van der Waals surface area contributed by atoms with Gasteiger partial charge in [0, 0.05) is 17.6 Å². The summed E-state index contributed by atoms with van der Waals surface area (Å²) in [7, 11) is 1.65. The molecule has 0 unspecified atom stereocenters. The molecule has 0 aliphatic heterocycles. The Morgan fingerprint density at radius 3 is 2.32 bits per heavy atom. The van der Waals surface area contributed by atoms with Crippen molar-refractivity contribution < 1.29 is 14.3 Å². The van der Waals surface area contributed by atoms with Crippen molar-refractivity contribution in [2.24, 2.45) is 0 Å². The number of hydrogen-bond donors (Lipinski definition) is 2. The standard InChI is InChI=1S/C23H28N2O3/c1-16-6-7-17(2)20(14-16)25-22(27)21(26)24-15-23(12-4-5-13-23)18-8-10-19(28-3)11-9-18/h6-11,14H,4-5,12-13,15H2,1-3H3,(H,24,26)(H,25,27). The Morgan fingerprint density at radius 2 is 1.68 bits per heavy atom. The topological polar surface area (TPSA) is 67.4 Å². The second-order valence-electron chi connectivity index (χ2n) is 7.67. The molecule has 148 valence electrons. The number of ether oxygens (including phenoxy) is 1. The normalized spacial score (nSPS) is 15.1. The molecule has 0 aromatic heterocycles. The maximum atomic E-state index is 12.4. The van der Waals surface area contributed by atoms with Crippen molar-refractivity contribution in [1.82, 2.24) is 5.32 Å². The lowest BCUT2D eigenvalue weighted by Crippen LogP contribution is -2.43. The van der Waals surface area contributed by atoms with Crippen molar-refractivity contribution in [2.45, 2.75) is 44.9 Å². The zero-order valence-electron chi connectivity index (χ0n) is 16.8. The van der Waals surface area contributed by atoms with Crippen LogP contribution < -0.4 is 15.4 Å². The number of aryl methyl sites for hydroxylation is 2. The van der Waals surface area contributed by atoms with Crippen molar-refractivity contribution in [3.05, 3.63) is 59.2 Å². The minimum Gasteiger partial charge on any atom is -0.497 e. The van der Waals surface area contributed by atoms with Crippen molar-refractivity contribution in [3.63, 3.8) is 0 Å². The van der Waals surface area contributed by atoms with E-state index in [9.17, 15) is 9.59 Å². The Labute approximate surface area is 166 Å². The maximum Gasteiger partial charge on any atom is 0.313 e. The Hall–Kier alpha value is -2.82. The molecule has 2 aromatic carbocycles. The summed E-state index contributed by atoms with van der Waals surface area (Å²) in [4.78, 5) is 24.8. The van der Waals surface area contributed by atoms with Gasteiger partial charge >= 0.3 is 11.8 Å². The van der Waals surface area contributed by atoms with Crippen molar-refractivity contribution in [3.8, 4) is 5.75 Å². The van der Waals surface area contributed by atoms with E-state index in [2.05, 4.69) is 22.8 Å². The fourth-order valence-corrected chi connectivity index (χ4v) is 3.94. The average molecular weight is 380 g/mol. The Bertz CT molecular complexity index is 853. The number of carbonyl (C=O) groups is 2. The first-order valence-corrected chi connectivity index (χ1v) is 9.74. The average Bonchev–Trinajstić information content (AvgIpc) is 3.19. The number of amides is 2. The molecule has 0 bridgehead atoms. The summed E-state index contributed by atoms with van der Waals surface area (Å²) in [6, 6.07) is 13.8. The van der Waals surface area contributed by atoms with Crippen LogP contribution in [0.5, 0.6) is 5.75 Å². The van der Waals surface area contributed by atoms with Gasteiger partial charge in [0.15, 0.2) is 0 Å². The van der Waals surface area contributed by atoms with Crippen LogP contribution in [0.1, 0.15) is 42.4 Å². The summed E-state index contributed by atoms with van der Waals surface area (Å²) < 4.78 is 5.25. The molecule has 2 aromatic rings. The Balaban J connectivity index is 1.66. The van der Waals surface area contributed by atoms with Gasteiger partial charge in [-0.1, -0.05) is 37.1 Å². The van der Waals surface area contributed by atoms with Gasteiger partial charge in [0.25, 0.3) is 0 Å². The molecule has 1 fully saturated rings. The first-order chi connectivity index (χ1) is 13.4. The van der Waals surface area contributed by atoms with E-state index in [1.807, 2.05) is 44.2 Å². The molecule has 5 heteroatoms. The van der Waals surface area contributed by atoms with Crippen LogP contribution in [0.15, 0.2) is 42.5 Å². The van der Waals surface area contributed by atoms with E-state index < -0.39 is 11.8 Å². The van der Waals surface area contributed by atoms with Crippen LogP contribution in [-0.4, -0.2) is 25.5 Å². The first kappa shape index (κ1) is 19.9. The predicted molar refractivity (Wildman–Crippen MR) is 111 cm³/mol. The third-order valence-electron chi connectivity index (χ3n) is 5.70. The zero-order valence-corrected chi connectivity index (χ0v) is 16.8. The number of anilines is 1. The molecule has 2 N–H and O–H groups in total. The highest BCUT2D eigenvalue weighted by atomic mass is 16.5. The van der Waals surface area contributed by atoms with E-state index in [0.717, 1.165) is 42.6 Å². The van der Waals surface area contributed by atoms with E-state index in [1.54, 1.807) is 7.11 Å². The van der Waals surface area contributed by atoms with Crippen LogP contribution in [0.3, 0.4) is 0 Å². The summed E-state index contributed by atoms with van der Waals surface area (Å²) in [5, 5.41) is 5.59. The van der Waals surface area contributed by atoms with Crippen LogP contribution in [0.4, 0.5) is 5.69 Å².